The van der Waals surface area contributed by atoms with Crippen molar-refractivity contribution in [3.8, 4) is 6.07 Å². The molecule has 2 heterocycles. The number of hydrogen-bond acceptors (Lipinski definition) is 4. The Hall–Kier alpha value is -0.640. The fourth-order valence-electron chi connectivity index (χ4n) is 2.89. The second kappa shape index (κ2) is 4.92. The molecule has 0 radical (unpaired) electrons. The lowest BCUT2D eigenvalue weighted by Gasteiger charge is -2.22. The third kappa shape index (κ3) is 2.46. The van der Waals surface area contributed by atoms with E-state index in [9.17, 15) is 8.42 Å². The van der Waals surface area contributed by atoms with Gasteiger partial charge in [0.05, 0.1) is 6.07 Å². The predicted molar refractivity (Wildman–Crippen MR) is 64.7 cm³/mol. The molecule has 5 nitrogen and oxygen atoms in total. The van der Waals surface area contributed by atoms with Crippen LogP contribution >= 0.6 is 0 Å². The first-order valence-corrected chi connectivity index (χ1v) is 7.78. The summed E-state index contributed by atoms with van der Waals surface area (Å²) in [6.45, 7) is 3.78. The molecule has 0 amide bonds. The maximum atomic E-state index is 12.0. The molecule has 2 aliphatic heterocycles. The molecule has 0 bridgehead atoms. The van der Waals surface area contributed by atoms with Gasteiger partial charge >= 0.3 is 0 Å². The molecule has 2 fully saturated rings. The Balaban J connectivity index is 2.04. The van der Waals surface area contributed by atoms with Crippen LogP contribution in [0.1, 0.15) is 32.6 Å². The van der Waals surface area contributed by atoms with Crippen molar-refractivity contribution < 1.29 is 8.42 Å². The minimum absolute atomic E-state index is 0.00454. The highest BCUT2D eigenvalue weighted by Gasteiger charge is 2.40. The number of nitrogens with zero attached hydrogens (tertiary/aromatic N) is 2. The molecular weight excluding hydrogens is 238 g/mol. The Bertz CT molecular complexity index is 415. The Morgan fingerprint density at radius 2 is 2.24 bits per heavy atom. The van der Waals surface area contributed by atoms with Crippen molar-refractivity contribution >= 4 is 10.0 Å². The van der Waals surface area contributed by atoms with Gasteiger partial charge in [-0.2, -0.15) is 5.26 Å². The van der Waals surface area contributed by atoms with Crippen molar-refractivity contribution in [3.05, 3.63) is 0 Å². The monoisotopic (exact) mass is 257 g/mol. The third-order valence-corrected chi connectivity index (χ3v) is 5.63. The van der Waals surface area contributed by atoms with E-state index in [-0.39, 0.29) is 6.04 Å². The molecule has 6 heteroatoms. The number of hydrogen-bond donors (Lipinski definition) is 1. The van der Waals surface area contributed by atoms with Gasteiger partial charge in [0.25, 0.3) is 0 Å². The Morgan fingerprint density at radius 1 is 1.47 bits per heavy atom. The summed E-state index contributed by atoms with van der Waals surface area (Å²) in [6, 6.07) is 2.21. The quantitative estimate of drug-likeness (QED) is 0.793. The molecular formula is C11H19N3O2S. The van der Waals surface area contributed by atoms with Crippen molar-refractivity contribution in [1.29, 1.82) is 5.26 Å². The first-order valence-electron chi connectivity index (χ1n) is 6.23. The van der Waals surface area contributed by atoms with Crippen LogP contribution in [0, 0.1) is 11.3 Å². The molecule has 2 aliphatic rings. The normalized spacial score (nSPS) is 31.1. The number of nitriles is 1. The molecule has 0 aliphatic carbocycles. The zero-order valence-corrected chi connectivity index (χ0v) is 10.9. The van der Waals surface area contributed by atoms with Gasteiger partial charge in [0.15, 0.2) is 5.25 Å². The topological polar surface area (TPSA) is 73.2 Å². The fourth-order valence-corrected chi connectivity index (χ4v) is 4.33. The average Bonchev–Trinajstić information content (AvgIpc) is 2.84. The average molecular weight is 257 g/mol. The molecule has 0 saturated carbocycles. The lowest BCUT2D eigenvalue weighted by molar-refractivity contribution is 0.308. The van der Waals surface area contributed by atoms with Crippen LogP contribution in [-0.2, 0) is 10.0 Å². The number of fused-ring (bicyclic) bond motifs is 1. The van der Waals surface area contributed by atoms with Crippen molar-refractivity contribution in [2.24, 2.45) is 0 Å². The predicted octanol–water partition coefficient (Wildman–Crippen LogP) is 0.445. The van der Waals surface area contributed by atoms with Gasteiger partial charge in [-0.05, 0) is 32.2 Å². The summed E-state index contributed by atoms with van der Waals surface area (Å²) < 4.78 is 26.7. The molecule has 0 aromatic rings. The van der Waals surface area contributed by atoms with Gasteiger partial charge in [-0.25, -0.2) is 13.1 Å². The van der Waals surface area contributed by atoms with Crippen LogP contribution in [0.25, 0.3) is 0 Å². The van der Waals surface area contributed by atoms with E-state index in [1.54, 1.807) is 6.92 Å². The lowest BCUT2D eigenvalue weighted by Crippen LogP contribution is -2.45. The first kappa shape index (κ1) is 12.8. The van der Waals surface area contributed by atoms with E-state index in [2.05, 4.69) is 9.62 Å². The zero-order valence-electron chi connectivity index (χ0n) is 10.1. The van der Waals surface area contributed by atoms with Crippen LogP contribution in [-0.4, -0.2) is 43.7 Å². The van der Waals surface area contributed by atoms with Crippen LogP contribution in [0.15, 0.2) is 0 Å². The maximum Gasteiger partial charge on any atom is 0.228 e. The summed E-state index contributed by atoms with van der Waals surface area (Å²) in [4.78, 5) is 2.35. The van der Waals surface area contributed by atoms with Crippen molar-refractivity contribution in [2.45, 2.75) is 49.9 Å². The van der Waals surface area contributed by atoms with Crippen molar-refractivity contribution in [2.75, 3.05) is 13.1 Å². The second-order valence-corrected chi connectivity index (χ2v) is 6.72. The molecule has 0 spiro atoms. The second-order valence-electron chi connectivity index (χ2n) is 4.83. The smallest absolute Gasteiger partial charge is 0.228 e. The molecule has 2 saturated heterocycles. The maximum absolute atomic E-state index is 12.0. The number of nitrogens with one attached hydrogen (secondary N) is 1. The Labute approximate surface area is 103 Å². The van der Waals surface area contributed by atoms with E-state index in [1.165, 1.54) is 0 Å². The SMILES string of the molecule is CCC(C#N)S(=O)(=O)NC1CCN2CCCC12. The molecule has 0 aromatic carbocycles. The van der Waals surface area contributed by atoms with Crippen LogP contribution in [0.3, 0.4) is 0 Å². The van der Waals surface area contributed by atoms with Gasteiger partial charge in [0, 0.05) is 18.6 Å². The van der Waals surface area contributed by atoms with Gasteiger partial charge < -0.3 is 0 Å². The van der Waals surface area contributed by atoms with E-state index in [4.69, 9.17) is 5.26 Å². The lowest BCUT2D eigenvalue weighted by atomic mass is 10.1. The molecule has 96 valence electrons. The van der Waals surface area contributed by atoms with Gasteiger partial charge in [-0.3, -0.25) is 4.90 Å². The van der Waals surface area contributed by atoms with Crippen LogP contribution in [0.4, 0.5) is 0 Å². The summed E-state index contributed by atoms with van der Waals surface area (Å²) in [5.41, 5.74) is 0. The first-order chi connectivity index (χ1) is 8.08. The van der Waals surface area contributed by atoms with E-state index in [1.807, 2.05) is 6.07 Å². The summed E-state index contributed by atoms with van der Waals surface area (Å²) in [5.74, 6) is 0. The number of rotatable bonds is 4. The van der Waals surface area contributed by atoms with Gasteiger partial charge in [-0.1, -0.05) is 6.92 Å². The highest BCUT2D eigenvalue weighted by molar-refractivity contribution is 7.90. The minimum Gasteiger partial charge on any atom is -0.299 e. The Morgan fingerprint density at radius 3 is 2.88 bits per heavy atom. The molecule has 3 atom stereocenters. The summed E-state index contributed by atoms with van der Waals surface area (Å²) in [7, 11) is -3.48. The fraction of sp³-hybridized carbons (Fsp3) is 0.909. The minimum atomic E-state index is -3.48. The highest BCUT2D eigenvalue weighted by Crippen LogP contribution is 2.28. The Kier molecular flexibility index (Phi) is 3.71. The van der Waals surface area contributed by atoms with Crippen molar-refractivity contribution in [1.82, 2.24) is 9.62 Å². The van der Waals surface area contributed by atoms with E-state index >= 15 is 0 Å². The third-order valence-electron chi connectivity index (χ3n) is 3.81. The van der Waals surface area contributed by atoms with Crippen LogP contribution < -0.4 is 4.72 Å². The summed E-state index contributed by atoms with van der Waals surface area (Å²) in [6.07, 6.45) is 3.42. The van der Waals surface area contributed by atoms with E-state index in [0.29, 0.717) is 12.5 Å². The zero-order chi connectivity index (χ0) is 12.5. The molecule has 3 unspecified atom stereocenters. The van der Waals surface area contributed by atoms with E-state index < -0.39 is 15.3 Å². The van der Waals surface area contributed by atoms with Gasteiger partial charge in [0.2, 0.25) is 10.0 Å². The molecule has 2 rings (SSSR count). The van der Waals surface area contributed by atoms with Gasteiger partial charge in [-0.15, -0.1) is 0 Å². The molecule has 0 aromatic heterocycles. The van der Waals surface area contributed by atoms with Gasteiger partial charge in [0.1, 0.15) is 0 Å². The molecule has 17 heavy (non-hydrogen) atoms. The largest absolute Gasteiger partial charge is 0.299 e. The summed E-state index contributed by atoms with van der Waals surface area (Å²) in [5, 5.41) is 7.92. The van der Waals surface area contributed by atoms with Crippen LogP contribution in [0.2, 0.25) is 0 Å². The van der Waals surface area contributed by atoms with Crippen LogP contribution in [0.5, 0.6) is 0 Å². The summed E-state index contributed by atoms with van der Waals surface area (Å²) >= 11 is 0. The van der Waals surface area contributed by atoms with E-state index in [0.717, 1.165) is 32.4 Å². The highest BCUT2D eigenvalue weighted by atomic mass is 32.2. The standard InChI is InChI=1S/C11H19N3O2S/c1-2-9(8-12)17(15,16)13-10-5-7-14-6-3-4-11(10)14/h9-11,13H,2-7H2,1H3. The molecule has 1 N–H and O–H groups in total. The number of sulfonamides is 1. The van der Waals surface area contributed by atoms with Crippen molar-refractivity contribution in [3.63, 3.8) is 0 Å².